The fraction of sp³-hybridized carbons (Fsp3) is 0.176. The van der Waals surface area contributed by atoms with Crippen molar-refractivity contribution in [1.29, 1.82) is 0 Å². The highest BCUT2D eigenvalue weighted by Gasteiger charge is 2.28. The second-order valence-electron chi connectivity index (χ2n) is 5.58. The third-order valence-electron chi connectivity index (χ3n) is 4.19. The monoisotopic (exact) mass is 311 g/mol. The van der Waals surface area contributed by atoms with Crippen molar-refractivity contribution in [2.24, 2.45) is 7.05 Å². The Bertz CT molecular complexity index is 900. The van der Waals surface area contributed by atoms with Gasteiger partial charge in [0.2, 0.25) is 0 Å². The molecule has 0 unspecified atom stereocenters. The third-order valence-corrected chi connectivity index (χ3v) is 4.41. The minimum absolute atomic E-state index is 0.00917. The van der Waals surface area contributed by atoms with Crippen LogP contribution in [0.15, 0.2) is 42.6 Å². The van der Waals surface area contributed by atoms with Gasteiger partial charge in [-0.15, -0.1) is 0 Å². The standard InChI is InChI=1S/C17H14ClN3O/c1-20-16-10-21(9-12(16)8-19-20)17(22)15-7-13(18)6-11-4-2-3-5-14(11)15/h2-8H,9-10H2,1H3. The first-order valence-corrected chi connectivity index (χ1v) is 7.48. The zero-order chi connectivity index (χ0) is 15.3. The smallest absolute Gasteiger partial charge is 0.255 e. The molecule has 0 aliphatic carbocycles. The lowest BCUT2D eigenvalue weighted by molar-refractivity contribution is 0.0750. The van der Waals surface area contributed by atoms with Gasteiger partial charge < -0.3 is 4.90 Å². The maximum absolute atomic E-state index is 12.9. The molecular weight excluding hydrogens is 298 g/mol. The summed E-state index contributed by atoms with van der Waals surface area (Å²) in [5.74, 6) is 0.00917. The van der Waals surface area contributed by atoms with Crippen molar-refractivity contribution >= 4 is 28.3 Å². The Morgan fingerprint density at radius 1 is 1.23 bits per heavy atom. The topological polar surface area (TPSA) is 38.1 Å². The van der Waals surface area contributed by atoms with E-state index >= 15 is 0 Å². The van der Waals surface area contributed by atoms with Crippen LogP contribution in [0.3, 0.4) is 0 Å². The molecule has 22 heavy (non-hydrogen) atoms. The van der Waals surface area contributed by atoms with Crippen LogP contribution in [-0.4, -0.2) is 20.6 Å². The maximum Gasteiger partial charge on any atom is 0.255 e. The van der Waals surface area contributed by atoms with Crippen LogP contribution in [0.1, 0.15) is 21.6 Å². The Morgan fingerprint density at radius 2 is 2.05 bits per heavy atom. The molecule has 1 aromatic heterocycles. The Hall–Kier alpha value is -2.33. The second-order valence-corrected chi connectivity index (χ2v) is 6.01. The molecule has 0 atom stereocenters. The number of aryl methyl sites for hydroxylation is 1. The van der Waals surface area contributed by atoms with E-state index in [9.17, 15) is 4.79 Å². The summed E-state index contributed by atoms with van der Waals surface area (Å²) in [6, 6.07) is 11.5. The van der Waals surface area contributed by atoms with Gasteiger partial charge in [-0.3, -0.25) is 9.48 Å². The molecule has 0 radical (unpaired) electrons. The Balaban J connectivity index is 1.75. The summed E-state index contributed by atoms with van der Waals surface area (Å²) in [4.78, 5) is 14.8. The molecule has 5 heteroatoms. The normalized spacial score (nSPS) is 13.6. The van der Waals surface area contributed by atoms with Crippen LogP contribution < -0.4 is 0 Å². The van der Waals surface area contributed by atoms with Gasteiger partial charge in [-0.2, -0.15) is 5.10 Å². The Labute approximate surface area is 132 Å². The highest BCUT2D eigenvalue weighted by atomic mass is 35.5. The van der Waals surface area contributed by atoms with Crippen molar-refractivity contribution in [2.45, 2.75) is 13.1 Å². The first-order valence-electron chi connectivity index (χ1n) is 7.11. The van der Waals surface area contributed by atoms with Crippen molar-refractivity contribution in [3.63, 3.8) is 0 Å². The number of fused-ring (bicyclic) bond motifs is 2. The number of benzene rings is 2. The van der Waals surface area contributed by atoms with Crippen LogP contribution in [-0.2, 0) is 20.1 Å². The molecule has 0 saturated carbocycles. The first kappa shape index (κ1) is 13.3. The molecular formula is C17H14ClN3O. The van der Waals surface area contributed by atoms with E-state index in [4.69, 9.17) is 11.6 Å². The van der Waals surface area contributed by atoms with Gasteiger partial charge in [-0.05, 0) is 22.9 Å². The number of halogens is 1. The van der Waals surface area contributed by atoms with Crippen LogP contribution >= 0.6 is 11.6 Å². The van der Waals surface area contributed by atoms with Crippen molar-refractivity contribution in [3.05, 3.63) is 64.4 Å². The number of nitrogens with zero attached hydrogens (tertiary/aromatic N) is 3. The molecule has 1 amide bonds. The van der Waals surface area contributed by atoms with E-state index in [0.29, 0.717) is 23.7 Å². The van der Waals surface area contributed by atoms with E-state index in [1.165, 1.54) is 0 Å². The number of amides is 1. The van der Waals surface area contributed by atoms with Gasteiger partial charge in [-0.25, -0.2) is 0 Å². The first-order chi connectivity index (χ1) is 10.6. The largest absolute Gasteiger partial charge is 0.328 e. The lowest BCUT2D eigenvalue weighted by Gasteiger charge is -2.17. The molecule has 0 fully saturated rings. The molecule has 2 heterocycles. The predicted octanol–water partition coefficient (Wildman–Crippen LogP) is 3.38. The molecule has 4 nitrogen and oxygen atoms in total. The van der Waals surface area contributed by atoms with Crippen molar-refractivity contribution in [1.82, 2.24) is 14.7 Å². The molecule has 1 aliphatic rings. The van der Waals surface area contributed by atoms with E-state index < -0.39 is 0 Å². The number of aromatic nitrogens is 2. The second kappa shape index (κ2) is 4.85. The summed E-state index contributed by atoms with van der Waals surface area (Å²) in [6.45, 7) is 1.19. The quantitative estimate of drug-likeness (QED) is 0.691. The fourth-order valence-electron chi connectivity index (χ4n) is 3.05. The summed E-state index contributed by atoms with van der Waals surface area (Å²) >= 11 is 6.18. The van der Waals surface area contributed by atoms with E-state index in [-0.39, 0.29) is 5.91 Å². The summed E-state index contributed by atoms with van der Waals surface area (Å²) in [6.07, 6.45) is 1.83. The van der Waals surface area contributed by atoms with Crippen molar-refractivity contribution in [3.8, 4) is 0 Å². The zero-order valence-corrected chi connectivity index (χ0v) is 12.8. The minimum Gasteiger partial charge on any atom is -0.328 e. The van der Waals surface area contributed by atoms with E-state index in [2.05, 4.69) is 5.10 Å². The predicted molar refractivity (Wildman–Crippen MR) is 85.7 cm³/mol. The number of carbonyl (C=O) groups is 1. The van der Waals surface area contributed by atoms with Gasteiger partial charge in [0.15, 0.2) is 0 Å². The molecule has 3 aromatic rings. The van der Waals surface area contributed by atoms with E-state index in [1.807, 2.05) is 53.2 Å². The fourth-order valence-corrected chi connectivity index (χ4v) is 3.28. The number of hydrogen-bond acceptors (Lipinski definition) is 2. The van der Waals surface area contributed by atoms with E-state index in [1.54, 1.807) is 6.07 Å². The summed E-state index contributed by atoms with van der Waals surface area (Å²) < 4.78 is 1.83. The molecule has 1 aliphatic heterocycles. The zero-order valence-electron chi connectivity index (χ0n) is 12.1. The van der Waals surface area contributed by atoms with Gasteiger partial charge in [0.25, 0.3) is 5.91 Å². The average molecular weight is 312 g/mol. The van der Waals surface area contributed by atoms with Gasteiger partial charge in [0.05, 0.1) is 18.4 Å². The average Bonchev–Trinajstić information content (AvgIpc) is 3.08. The summed E-state index contributed by atoms with van der Waals surface area (Å²) in [5, 5.41) is 6.73. The van der Waals surface area contributed by atoms with Crippen LogP contribution in [0.4, 0.5) is 0 Å². The Kier molecular flexibility index (Phi) is 2.94. The van der Waals surface area contributed by atoms with Gasteiger partial charge in [-0.1, -0.05) is 35.9 Å². The molecule has 4 rings (SSSR count). The lowest BCUT2D eigenvalue weighted by Crippen LogP contribution is -2.26. The molecule has 0 saturated heterocycles. The lowest BCUT2D eigenvalue weighted by atomic mass is 10.0. The molecule has 110 valence electrons. The maximum atomic E-state index is 12.9. The minimum atomic E-state index is 0.00917. The van der Waals surface area contributed by atoms with Crippen molar-refractivity contribution < 1.29 is 4.79 Å². The van der Waals surface area contributed by atoms with Crippen LogP contribution in [0.2, 0.25) is 5.02 Å². The molecule has 0 bridgehead atoms. The summed E-state index contributed by atoms with van der Waals surface area (Å²) in [5.41, 5.74) is 2.87. The molecule has 0 N–H and O–H groups in total. The third kappa shape index (κ3) is 1.99. The van der Waals surface area contributed by atoms with Crippen LogP contribution in [0.5, 0.6) is 0 Å². The highest BCUT2D eigenvalue weighted by Crippen LogP contribution is 2.28. The van der Waals surface area contributed by atoms with Crippen molar-refractivity contribution in [2.75, 3.05) is 0 Å². The van der Waals surface area contributed by atoms with E-state index in [0.717, 1.165) is 22.0 Å². The SMILES string of the molecule is Cn1ncc2c1CN(C(=O)c1cc(Cl)cc3ccccc13)C2. The van der Waals surface area contributed by atoms with Crippen LogP contribution in [0, 0.1) is 0 Å². The van der Waals surface area contributed by atoms with Crippen LogP contribution in [0.25, 0.3) is 10.8 Å². The van der Waals surface area contributed by atoms with Gasteiger partial charge in [0.1, 0.15) is 0 Å². The molecule has 2 aromatic carbocycles. The van der Waals surface area contributed by atoms with Gasteiger partial charge >= 0.3 is 0 Å². The summed E-state index contributed by atoms with van der Waals surface area (Å²) in [7, 11) is 1.90. The number of rotatable bonds is 1. The highest BCUT2D eigenvalue weighted by molar-refractivity contribution is 6.32. The molecule has 0 spiro atoms. The Morgan fingerprint density at radius 3 is 2.86 bits per heavy atom. The number of hydrogen-bond donors (Lipinski definition) is 0. The van der Waals surface area contributed by atoms with Gasteiger partial charge in [0, 0.05) is 29.7 Å². The number of carbonyl (C=O) groups excluding carboxylic acids is 1.